The summed E-state index contributed by atoms with van der Waals surface area (Å²) in [4.78, 5) is 35.8. The van der Waals surface area contributed by atoms with Crippen molar-refractivity contribution in [3.05, 3.63) is 106 Å². The van der Waals surface area contributed by atoms with Crippen LogP contribution in [0.3, 0.4) is 0 Å². The molecule has 0 saturated carbocycles. The van der Waals surface area contributed by atoms with Gasteiger partial charge >= 0.3 is 6.03 Å². The van der Waals surface area contributed by atoms with Crippen molar-refractivity contribution in [3.8, 4) is 0 Å². The first-order valence-electron chi connectivity index (χ1n) is 16.9. The largest absolute Gasteiger partial charge is 0.338 e. The van der Waals surface area contributed by atoms with Crippen LogP contribution in [0.1, 0.15) is 72.9 Å². The number of amides is 3. The number of benzene rings is 3. The number of likely N-dealkylation sites (tertiary alicyclic amines) is 3. The number of piperidine rings is 2. The molecule has 3 amide bonds. The van der Waals surface area contributed by atoms with Crippen molar-refractivity contribution in [3.63, 3.8) is 0 Å². The van der Waals surface area contributed by atoms with Crippen LogP contribution in [-0.2, 0) is 11.0 Å². The van der Waals surface area contributed by atoms with E-state index >= 15 is 0 Å². The highest BCUT2D eigenvalue weighted by Gasteiger charge is 2.44. The van der Waals surface area contributed by atoms with Crippen LogP contribution < -0.4 is 0 Å². The molecule has 252 valence electrons. The number of urea groups is 1. The minimum atomic E-state index is -0.311. The van der Waals surface area contributed by atoms with Gasteiger partial charge in [-0.3, -0.25) is 4.79 Å². The molecule has 9 heteroatoms. The van der Waals surface area contributed by atoms with E-state index in [1.165, 1.54) is 5.56 Å². The maximum atomic E-state index is 13.6. The lowest BCUT2D eigenvalue weighted by molar-refractivity contribution is 0.0440. The molecule has 0 spiro atoms. The zero-order chi connectivity index (χ0) is 32.1. The van der Waals surface area contributed by atoms with E-state index in [1.54, 1.807) is 0 Å². The van der Waals surface area contributed by atoms with Crippen LogP contribution in [0.4, 0.5) is 4.79 Å². The van der Waals surface area contributed by atoms with Gasteiger partial charge in [-0.05, 0) is 87.2 Å². The molecule has 1 unspecified atom stereocenters. The van der Waals surface area contributed by atoms with Crippen LogP contribution in [0.15, 0.2) is 78.9 Å². The molecule has 3 aliphatic rings. The lowest BCUT2D eigenvalue weighted by atomic mass is 9.70. The molecular formula is C38H47Cl3N4O2. The lowest BCUT2D eigenvalue weighted by Crippen LogP contribution is -2.56. The zero-order valence-electron chi connectivity index (χ0n) is 27.4. The molecule has 6 nitrogen and oxygen atoms in total. The van der Waals surface area contributed by atoms with Gasteiger partial charge in [-0.1, -0.05) is 83.9 Å². The maximum absolute atomic E-state index is 13.6. The van der Waals surface area contributed by atoms with Crippen molar-refractivity contribution in [2.24, 2.45) is 0 Å². The monoisotopic (exact) mass is 696 g/mol. The van der Waals surface area contributed by atoms with Crippen molar-refractivity contribution >= 4 is 47.5 Å². The van der Waals surface area contributed by atoms with Crippen LogP contribution in [0.5, 0.6) is 0 Å². The summed E-state index contributed by atoms with van der Waals surface area (Å²) < 4.78 is 0. The van der Waals surface area contributed by atoms with E-state index in [-0.39, 0.29) is 35.3 Å². The van der Waals surface area contributed by atoms with Crippen LogP contribution in [-0.4, -0.2) is 84.4 Å². The number of hydrogen-bond donors (Lipinski definition) is 0. The van der Waals surface area contributed by atoms with Gasteiger partial charge in [-0.2, -0.15) is 0 Å². The molecule has 0 aromatic heterocycles. The number of nitrogens with zero attached hydrogens (tertiary/aromatic N) is 4. The molecule has 1 atom stereocenters. The Morgan fingerprint density at radius 2 is 1.40 bits per heavy atom. The minimum Gasteiger partial charge on any atom is -0.338 e. The molecule has 0 aliphatic carbocycles. The summed E-state index contributed by atoms with van der Waals surface area (Å²) in [6.07, 6.45) is 7.76. The lowest BCUT2D eigenvalue weighted by Gasteiger charge is -2.49. The highest BCUT2D eigenvalue weighted by molar-refractivity contribution is 6.42. The van der Waals surface area contributed by atoms with Gasteiger partial charge in [0.1, 0.15) is 0 Å². The third kappa shape index (κ3) is 7.46. The fourth-order valence-corrected chi connectivity index (χ4v) is 8.70. The second-order valence-electron chi connectivity index (χ2n) is 13.5. The van der Waals surface area contributed by atoms with E-state index in [0.717, 1.165) is 102 Å². The van der Waals surface area contributed by atoms with E-state index in [0.29, 0.717) is 16.6 Å². The van der Waals surface area contributed by atoms with E-state index < -0.39 is 0 Å². The van der Waals surface area contributed by atoms with Gasteiger partial charge in [0.2, 0.25) is 0 Å². The number of carbonyl (C=O) groups is 2. The van der Waals surface area contributed by atoms with Gasteiger partial charge in [0.15, 0.2) is 0 Å². The Labute approximate surface area is 296 Å². The van der Waals surface area contributed by atoms with Crippen molar-refractivity contribution in [1.29, 1.82) is 0 Å². The Balaban J connectivity index is 0.00000433. The van der Waals surface area contributed by atoms with Gasteiger partial charge in [0.05, 0.1) is 15.6 Å². The Morgan fingerprint density at radius 3 is 2.09 bits per heavy atom. The molecule has 0 radical (unpaired) electrons. The third-order valence-electron chi connectivity index (χ3n) is 10.8. The number of carbonyl (C=O) groups excluding carboxylic acids is 2. The minimum absolute atomic E-state index is 0. The predicted octanol–water partition coefficient (Wildman–Crippen LogP) is 8.51. The fourth-order valence-electron chi connectivity index (χ4n) is 8.20. The molecule has 0 bridgehead atoms. The second kappa shape index (κ2) is 15.6. The molecule has 3 aromatic rings. The van der Waals surface area contributed by atoms with Gasteiger partial charge in [0, 0.05) is 57.3 Å². The number of rotatable bonds is 8. The predicted molar refractivity (Wildman–Crippen MR) is 194 cm³/mol. The molecular weight excluding hydrogens is 651 g/mol. The molecule has 3 saturated heterocycles. The smallest absolute Gasteiger partial charge is 0.320 e. The summed E-state index contributed by atoms with van der Waals surface area (Å²) >= 11 is 13.5. The maximum Gasteiger partial charge on any atom is 0.320 e. The fraction of sp³-hybridized carbons (Fsp3) is 0.474. The first-order valence-corrected chi connectivity index (χ1v) is 17.7. The normalized spacial score (nSPS) is 21.3. The number of hydrogen-bond acceptors (Lipinski definition) is 3. The highest BCUT2D eigenvalue weighted by Crippen LogP contribution is 2.44. The SMILES string of the molecule is CN(C(=O)N1CCCC1)C1(c2ccccc2)CCN(CCCC2(c3cccc(Cl)c3Cl)CCCN(C(=O)c3ccccc3)C2)CC1.Cl. The van der Waals surface area contributed by atoms with Crippen LogP contribution in [0.2, 0.25) is 10.0 Å². The average Bonchev–Trinajstić information content (AvgIpc) is 3.65. The summed E-state index contributed by atoms with van der Waals surface area (Å²) in [5.74, 6) is 0.0729. The van der Waals surface area contributed by atoms with Crippen molar-refractivity contribution in [2.75, 3.05) is 52.9 Å². The average molecular weight is 698 g/mol. The molecule has 3 aromatic carbocycles. The Hall–Kier alpha value is -2.77. The first-order chi connectivity index (χ1) is 22.3. The van der Waals surface area contributed by atoms with Crippen molar-refractivity contribution in [2.45, 2.75) is 62.3 Å². The molecule has 47 heavy (non-hydrogen) atoms. The van der Waals surface area contributed by atoms with Gasteiger partial charge in [-0.15, -0.1) is 12.4 Å². The molecule has 6 rings (SSSR count). The van der Waals surface area contributed by atoms with Crippen LogP contribution in [0, 0.1) is 0 Å². The summed E-state index contributed by atoms with van der Waals surface area (Å²) in [6.45, 7) is 5.89. The summed E-state index contributed by atoms with van der Waals surface area (Å²) in [7, 11) is 2.01. The first kappa shape index (κ1) is 35.5. The Bertz CT molecular complexity index is 1490. The summed E-state index contributed by atoms with van der Waals surface area (Å²) in [6, 6.07) is 26.3. The number of halogens is 3. The van der Waals surface area contributed by atoms with E-state index in [1.807, 2.05) is 64.2 Å². The summed E-state index contributed by atoms with van der Waals surface area (Å²) in [5.41, 5.74) is 2.42. The van der Waals surface area contributed by atoms with Gasteiger partial charge in [-0.25, -0.2) is 4.79 Å². The van der Waals surface area contributed by atoms with E-state index in [4.69, 9.17) is 23.2 Å². The quantitative estimate of drug-likeness (QED) is 0.237. The van der Waals surface area contributed by atoms with Crippen LogP contribution >= 0.6 is 35.6 Å². The van der Waals surface area contributed by atoms with E-state index in [9.17, 15) is 9.59 Å². The standard InChI is InChI=1S/C38H46Cl2N4O2.ClH/c1-41(36(46)43-24-8-9-25-43)38(31-15-6-3-7-16-31)21-27-42(28-22-38)23-11-19-37(32-17-10-18-33(39)34(32)40)20-12-26-44(29-37)35(45)30-13-4-2-5-14-30;/h2-7,10,13-18H,8-9,11-12,19-29H2,1H3;1H. The van der Waals surface area contributed by atoms with Crippen molar-refractivity contribution in [1.82, 2.24) is 19.6 Å². The van der Waals surface area contributed by atoms with E-state index in [2.05, 4.69) is 41.3 Å². The summed E-state index contributed by atoms with van der Waals surface area (Å²) in [5, 5.41) is 1.17. The molecule has 3 fully saturated rings. The molecule has 3 heterocycles. The van der Waals surface area contributed by atoms with Crippen LogP contribution in [0.25, 0.3) is 0 Å². The topological polar surface area (TPSA) is 47.1 Å². The van der Waals surface area contributed by atoms with Gasteiger partial charge in [0.25, 0.3) is 5.91 Å². The molecule has 0 N–H and O–H groups in total. The van der Waals surface area contributed by atoms with Crippen molar-refractivity contribution < 1.29 is 9.59 Å². The highest BCUT2D eigenvalue weighted by atomic mass is 35.5. The molecule has 3 aliphatic heterocycles. The second-order valence-corrected chi connectivity index (χ2v) is 14.2. The Morgan fingerprint density at radius 1 is 0.766 bits per heavy atom. The van der Waals surface area contributed by atoms with Gasteiger partial charge < -0.3 is 19.6 Å². The third-order valence-corrected chi connectivity index (χ3v) is 11.7. The Kier molecular flexibility index (Phi) is 11.8. The zero-order valence-corrected chi connectivity index (χ0v) is 29.7.